The summed E-state index contributed by atoms with van der Waals surface area (Å²) in [6, 6.07) is -2.31. The number of hydrogen-bond acceptors (Lipinski definition) is 8. The van der Waals surface area contributed by atoms with Gasteiger partial charge in [-0.1, -0.05) is 13.8 Å². The van der Waals surface area contributed by atoms with E-state index in [-0.39, 0.29) is 63.0 Å². The molecule has 0 aliphatic carbocycles. The van der Waals surface area contributed by atoms with Crippen LogP contribution in [0.3, 0.4) is 0 Å². The molecule has 0 radical (unpaired) electrons. The highest BCUT2D eigenvalue weighted by Gasteiger charge is 2.27. The molecule has 196 valence electrons. The number of primary amides is 1. The third-order valence-corrected chi connectivity index (χ3v) is 5.01. The molecule has 0 aromatic carbocycles. The highest BCUT2D eigenvalue weighted by Crippen LogP contribution is 2.06. The molecule has 6 amide bonds. The molecule has 0 bridgehead atoms. The predicted octanol–water partition coefficient (Wildman–Crippen LogP) is -1.39. The summed E-state index contributed by atoms with van der Waals surface area (Å²) in [6.07, 6.45) is 3.13. The molecule has 1 heterocycles. The van der Waals surface area contributed by atoms with Gasteiger partial charge < -0.3 is 31.2 Å². The summed E-state index contributed by atoms with van der Waals surface area (Å²) in [5, 5.41) is 7.66. The molecule has 0 saturated heterocycles. The van der Waals surface area contributed by atoms with E-state index in [0.29, 0.717) is 12.8 Å². The Morgan fingerprint density at radius 1 is 1.00 bits per heavy atom. The van der Waals surface area contributed by atoms with E-state index in [4.69, 9.17) is 15.2 Å². The SMILES string of the molecule is CC(=O)[C@H](CCCNC(N)=O)NC(=O)C(NC(=O)COCCOCCN1C(=O)C=CC1=O)C(C)C. The number of ketones is 1. The smallest absolute Gasteiger partial charge is 0.312 e. The van der Waals surface area contributed by atoms with Gasteiger partial charge in [0, 0.05) is 18.7 Å². The first kappa shape index (κ1) is 29.7. The Bertz CT molecular complexity index is 796. The van der Waals surface area contributed by atoms with Crippen LogP contribution in [0.2, 0.25) is 0 Å². The standard InChI is InChI=1S/C22H35N5O8/c1-14(2)20(21(32)25-16(15(3)28)5-4-8-24-22(23)33)26-17(29)13-35-12-11-34-10-9-27-18(30)6-7-19(27)31/h6-7,14,16,20H,4-5,8-13H2,1-3H3,(H,25,32)(H,26,29)(H3,23,24,33)/t16-,20?/m0/s1. The molecule has 0 saturated carbocycles. The van der Waals surface area contributed by atoms with Crippen LogP contribution in [0.25, 0.3) is 0 Å². The maximum absolute atomic E-state index is 12.7. The van der Waals surface area contributed by atoms with Gasteiger partial charge in [-0.15, -0.1) is 0 Å². The van der Waals surface area contributed by atoms with Crippen molar-refractivity contribution in [2.24, 2.45) is 11.7 Å². The van der Waals surface area contributed by atoms with Crippen LogP contribution in [0.1, 0.15) is 33.6 Å². The van der Waals surface area contributed by atoms with Gasteiger partial charge in [0.25, 0.3) is 11.8 Å². The molecule has 1 aliphatic heterocycles. The van der Waals surface area contributed by atoms with E-state index in [0.717, 1.165) is 4.90 Å². The molecule has 0 spiro atoms. The van der Waals surface area contributed by atoms with E-state index < -0.39 is 29.9 Å². The van der Waals surface area contributed by atoms with Crippen molar-refractivity contribution >= 4 is 35.4 Å². The minimum absolute atomic E-state index is 0.0951. The Morgan fingerprint density at radius 2 is 1.63 bits per heavy atom. The lowest BCUT2D eigenvalue weighted by molar-refractivity contribution is -0.138. The van der Waals surface area contributed by atoms with Crippen LogP contribution >= 0.6 is 0 Å². The van der Waals surface area contributed by atoms with Crippen molar-refractivity contribution in [3.63, 3.8) is 0 Å². The monoisotopic (exact) mass is 497 g/mol. The Morgan fingerprint density at radius 3 is 2.20 bits per heavy atom. The molecule has 5 N–H and O–H groups in total. The number of nitrogens with one attached hydrogen (secondary N) is 3. The maximum atomic E-state index is 12.7. The number of carbonyl (C=O) groups is 6. The van der Waals surface area contributed by atoms with Crippen molar-refractivity contribution < 1.29 is 38.2 Å². The van der Waals surface area contributed by atoms with Crippen LogP contribution in [-0.4, -0.2) is 91.9 Å². The second-order valence-corrected chi connectivity index (χ2v) is 8.22. The van der Waals surface area contributed by atoms with Crippen LogP contribution in [-0.2, 0) is 33.4 Å². The molecule has 0 fully saturated rings. The summed E-state index contributed by atoms with van der Waals surface area (Å²) in [5.74, 6) is -2.28. The first-order chi connectivity index (χ1) is 16.5. The number of carbonyl (C=O) groups excluding carboxylic acids is 6. The molecule has 1 aliphatic rings. The van der Waals surface area contributed by atoms with Gasteiger partial charge in [-0.25, -0.2) is 4.79 Å². The molecule has 0 aromatic heterocycles. The minimum Gasteiger partial charge on any atom is -0.377 e. The third kappa shape index (κ3) is 11.6. The van der Waals surface area contributed by atoms with Gasteiger partial charge in [0.2, 0.25) is 11.8 Å². The van der Waals surface area contributed by atoms with Crippen LogP contribution in [0.5, 0.6) is 0 Å². The van der Waals surface area contributed by atoms with Crippen molar-refractivity contribution in [1.82, 2.24) is 20.9 Å². The van der Waals surface area contributed by atoms with Gasteiger partial charge in [-0.3, -0.25) is 28.9 Å². The zero-order valence-corrected chi connectivity index (χ0v) is 20.3. The highest BCUT2D eigenvalue weighted by atomic mass is 16.5. The van der Waals surface area contributed by atoms with Crippen molar-refractivity contribution in [1.29, 1.82) is 0 Å². The summed E-state index contributed by atoms with van der Waals surface area (Å²) in [5.41, 5.74) is 5.00. The van der Waals surface area contributed by atoms with Gasteiger partial charge in [0.05, 0.1) is 32.4 Å². The van der Waals surface area contributed by atoms with E-state index in [1.165, 1.54) is 19.1 Å². The largest absolute Gasteiger partial charge is 0.377 e. The number of hydrogen-bond donors (Lipinski definition) is 4. The number of amides is 6. The molecule has 0 aromatic rings. The Balaban J connectivity index is 2.33. The summed E-state index contributed by atoms with van der Waals surface area (Å²) in [4.78, 5) is 71.4. The number of nitrogens with zero attached hydrogens (tertiary/aromatic N) is 1. The summed E-state index contributed by atoms with van der Waals surface area (Å²) in [6.45, 7) is 5.33. The van der Waals surface area contributed by atoms with Crippen molar-refractivity contribution in [3.8, 4) is 0 Å². The maximum Gasteiger partial charge on any atom is 0.312 e. The fourth-order valence-electron chi connectivity index (χ4n) is 3.10. The predicted molar refractivity (Wildman–Crippen MR) is 124 cm³/mol. The van der Waals surface area contributed by atoms with Crippen LogP contribution in [0, 0.1) is 5.92 Å². The number of imide groups is 1. The van der Waals surface area contributed by atoms with Gasteiger partial charge in [-0.2, -0.15) is 0 Å². The Labute approximate surface area is 204 Å². The van der Waals surface area contributed by atoms with Crippen molar-refractivity contribution in [3.05, 3.63) is 12.2 Å². The fourth-order valence-corrected chi connectivity index (χ4v) is 3.10. The normalized spacial score (nSPS) is 14.7. The zero-order valence-electron chi connectivity index (χ0n) is 20.3. The molecule has 13 nitrogen and oxygen atoms in total. The first-order valence-electron chi connectivity index (χ1n) is 11.4. The lowest BCUT2D eigenvalue weighted by Crippen LogP contribution is -2.54. The lowest BCUT2D eigenvalue weighted by Gasteiger charge is -2.24. The summed E-state index contributed by atoms with van der Waals surface area (Å²) in [7, 11) is 0. The molecule has 2 atom stereocenters. The molecule has 1 rings (SSSR count). The molecule has 1 unspecified atom stereocenters. The Hall–Kier alpha value is -3.32. The van der Waals surface area contributed by atoms with E-state index in [2.05, 4.69) is 16.0 Å². The number of ether oxygens (including phenoxy) is 2. The average molecular weight is 498 g/mol. The zero-order chi connectivity index (χ0) is 26.4. The summed E-state index contributed by atoms with van der Waals surface area (Å²) < 4.78 is 10.5. The van der Waals surface area contributed by atoms with Crippen LogP contribution < -0.4 is 21.7 Å². The summed E-state index contributed by atoms with van der Waals surface area (Å²) >= 11 is 0. The number of Topliss-reactive ketones (excluding diaryl/α,β-unsaturated/α-hetero) is 1. The van der Waals surface area contributed by atoms with Crippen LogP contribution in [0.15, 0.2) is 12.2 Å². The van der Waals surface area contributed by atoms with Gasteiger partial charge in [-0.05, 0) is 25.7 Å². The first-order valence-corrected chi connectivity index (χ1v) is 11.4. The Kier molecular flexibility index (Phi) is 13.2. The van der Waals surface area contributed by atoms with E-state index in [1.807, 2.05) is 0 Å². The lowest BCUT2D eigenvalue weighted by atomic mass is 10.0. The number of rotatable bonds is 17. The molecular formula is C22H35N5O8. The highest BCUT2D eigenvalue weighted by molar-refractivity contribution is 6.12. The van der Waals surface area contributed by atoms with E-state index in [9.17, 15) is 28.8 Å². The molecule has 35 heavy (non-hydrogen) atoms. The molecular weight excluding hydrogens is 462 g/mol. The van der Waals surface area contributed by atoms with Crippen LogP contribution in [0.4, 0.5) is 4.79 Å². The quantitative estimate of drug-likeness (QED) is 0.140. The van der Waals surface area contributed by atoms with E-state index in [1.54, 1.807) is 13.8 Å². The topological polar surface area (TPSA) is 186 Å². The minimum atomic E-state index is -0.878. The van der Waals surface area contributed by atoms with Gasteiger partial charge in [0.15, 0.2) is 5.78 Å². The van der Waals surface area contributed by atoms with Gasteiger partial charge in [0.1, 0.15) is 12.6 Å². The number of urea groups is 1. The molecule has 13 heteroatoms. The third-order valence-electron chi connectivity index (χ3n) is 5.01. The van der Waals surface area contributed by atoms with Gasteiger partial charge >= 0.3 is 6.03 Å². The number of nitrogens with two attached hydrogens (primary N) is 1. The van der Waals surface area contributed by atoms with Crippen molar-refractivity contribution in [2.45, 2.75) is 45.7 Å². The van der Waals surface area contributed by atoms with E-state index >= 15 is 0 Å². The van der Waals surface area contributed by atoms with Crippen molar-refractivity contribution in [2.75, 3.05) is 39.5 Å². The second-order valence-electron chi connectivity index (χ2n) is 8.22. The average Bonchev–Trinajstić information content (AvgIpc) is 3.10. The fraction of sp³-hybridized carbons (Fsp3) is 0.636. The second kappa shape index (κ2) is 15.6.